The predicted octanol–water partition coefficient (Wildman–Crippen LogP) is 1.99. The summed E-state index contributed by atoms with van der Waals surface area (Å²) in [6, 6.07) is 12.8. The molecule has 0 heterocycles. The molecule has 136 valence electrons. The summed E-state index contributed by atoms with van der Waals surface area (Å²) in [5.74, 6) is -0.452. The minimum absolute atomic E-state index is 0.0502. The van der Waals surface area contributed by atoms with Crippen molar-refractivity contribution in [1.82, 2.24) is 10.2 Å². The van der Waals surface area contributed by atoms with Gasteiger partial charge in [-0.2, -0.15) is 0 Å². The van der Waals surface area contributed by atoms with Crippen molar-refractivity contribution in [3.05, 3.63) is 69.8 Å². The normalized spacial score (nSPS) is 10.1. The molecule has 0 aliphatic rings. The maximum absolute atomic E-state index is 12.2. The number of ether oxygens (including phenoxy) is 1. The molecule has 0 aliphatic heterocycles. The highest BCUT2D eigenvalue weighted by atomic mass is 16.6. The molecule has 0 atom stereocenters. The third kappa shape index (κ3) is 4.79. The summed E-state index contributed by atoms with van der Waals surface area (Å²) < 4.78 is 5.30. The van der Waals surface area contributed by atoms with E-state index in [1.807, 2.05) is 0 Å². The van der Waals surface area contributed by atoms with Crippen LogP contribution < -0.4 is 10.1 Å². The molecular weight excluding hydrogens is 338 g/mol. The van der Waals surface area contributed by atoms with Gasteiger partial charge >= 0.3 is 5.69 Å². The first-order valence-electron chi connectivity index (χ1n) is 7.83. The molecule has 0 aromatic heterocycles. The number of likely N-dealkylation sites (N-methyl/N-ethyl adjacent to an activating group) is 1. The van der Waals surface area contributed by atoms with E-state index in [1.54, 1.807) is 44.4 Å². The lowest BCUT2D eigenvalue weighted by molar-refractivity contribution is -0.385. The SMILES string of the molecule is CNC(=O)c1ccc(CN(C)C(=O)COc2ccccc2[N+](=O)[O-])cc1. The Morgan fingerprint density at radius 2 is 1.81 bits per heavy atom. The monoisotopic (exact) mass is 357 g/mol. The van der Waals surface area contributed by atoms with Crippen LogP contribution in [0.2, 0.25) is 0 Å². The largest absolute Gasteiger partial charge is 0.477 e. The summed E-state index contributed by atoms with van der Waals surface area (Å²) in [4.78, 5) is 35.5. The number of rotatable bonds is 7. The van der Waals surface area contributed by atoms with Crippen molar-refractivity contribution in [1.29, 1.82) is 0 Å². The Kier molecular flexibility index (Phi) is 6.26. The second kappa shape index (κ2) is 8.61. The van der Waals surface area contributed by atoms with Crippen LogP contribution >= 0.6 is 0 Å². The third-order valence-corrected chi connectivity index (χ3v) is 3.70. The number of nitro benzene ring substituents is 1. The van der Waals surface area contributed by atoms with Crippen LogP contribution in [0.4, 0.5) is 5.69 Å². The number of benzene rings is 2. The number of para-hydroxylation sites is 2. The number of carbonyl (C=O) groups is 2. The highest BCUT2D eigenvalue weighted by Gasteiger charge is 2.16. The van der Waals surface area contributed by atoms with E-state index < -0.39 is 4.92 Å². The summed E-state index contributed by atoms with van der Waals surface area (Å²) in [5, 5.41) is 13.5. The topological polar surface area (TPSA) is 102 Å². The number of carbonyl (C=O) groups excluding carboxylic acids is 2. The average Bonchev–Trinajstić information content (AvgIpc) is 2.66. The highest BCUT2D eigenvalue weighted by molar-refractivity contribution is 5.93. The van der Waals surface area contributed by atoms with Crippen LogP contribution in [-0.4, -0.2) is 42.3 Å². The summed E-state index contributed by atoms with van der Waals surface area (Å²) in [7, 11) is 3.16. The fourth-order valence-corrected chi connectivity index (χ4v) is 2.25. The third-order valence-electron chi connectivity index (χ3n) is 3.70. The molecule has 0 bridgehead atoms. The first kappa shape index (κ1) is 18.9. The maximum Gasteiger partial charge on any atom is 0.310 e. The van der Waals surface area contributed by atoms with E-state index in [9.17, 15) is 19.7 Å². The van der Waals surface area contributed by atoms with E-state index in [1.165, 1.54) is 23.1 Å². The Morgan fingerprint density at radius 1 is 1.15 bits per heavy atom. The van der Waals surface area contributed by atoms with E-state index in [0.717, 1.165) is 5.56 Å². The Hall–Kier alpha value is -3.42. The van der Waals surface area contributed by atoms with Gasteiger partial charge in [0, 0.05) is 32.3 Å². The molecule has 26 heavy (non-hydrogen) atoms. The average molecular weight is 357 g/mol. The van der Waals surface area contributed by atoms with Gasteiger partial charge in [0.2, 0.25) is 0 Å². The summed E-state index contributed by atoms with van der Waals surface area (Å²) in [5.41, 5.74) is 1.19. The van der Waals surface area contributed by atoms with Gasteiger partial charge in [0.25, 0.3) is 11.8 Å². The Morgan fingerprint density at radius 3 is 2.42 bits per heavy atom. The van der Waals surface area contributed by atoms with E-state index in [-0.39, 0.29) is 29.9 Å². The Balaban J connectivity index is 1.94. The molecule has 0 radical (unpaired) electrons. The summed E-state index contributed by atoms with van der Waals surface area (Å²) >= 11 is 0. The fourth-order valence-electron chi connectivity index (χ4n) is 2.25. The van der Waals surface area contributed by atoms with Crippen molar-refractivity contribution in [2.75, 3.05) is 20.7 Å². The molecule has 0 saturated carbocycles. The van der Waals surface area contributed by atoms with Gasteiger partial charge in [0.15, 0.2) is 12.4 Å². The van der Waals surface area contributed by atoms with Gasteiger partial charge in [-0.05, 0) is 23.8 Å². The van der Waals surface area contributed by atoms with E-state index in [0.29, 0.717) is 12.1 Å². The minimum atomic E-state index is -0.558. The molecule has 0 saturated heterocycles. The van der Waals surface area contributed by atoms with Gasteiger partial charge in [0.05, 0.1) is 4.92 Å². The van der Waals surface area contributed by atoms with E-state index in [4.69, 9.17) is 4.74 Å². The van der Waals surface area contributed by atoms with Gasteiger partial charge in [-0.25, -0.2) is 0 Å². The maximum atomic E-state index is 12.2. The zero-order valence-corrected chi connectivity index (χ0v) is 14.5. The van der Waals surface area contributed by atoms with E-state index >= 15 is 0 Å². The molecule has 2 aromatic rings. The Labute approximate surface area is 150 Å². The van der Waals surface area contributed by atoms with Gasteiger partial charge in [0.1, 0.15) is 0 Å². The minimum Gasteiger partial charge on any atom is -0.477 e. The number of amides is 2. The van der Waals surface area contributed by atoms with E-state index in [2.05, 4.69) is 5.32 Å². The van der Waals surface area contributed by atoms with Crippen LogP contribution in [0.5, 0.6) is 5.75 Å². The van der Waals surface area contributed by atoms with Crippen LogP contribution in [0.15, 0.2) is 48.5 Å². The van der Waals surface area contributed by atoms with Crippen LogP contribution in [0.1, 0.15) is 15.9 Å². The molecule has 2 amide bonds. The molecular formula is C18H19N3O5. The lowest BCUT2D eigenvalue weighted by Crippen LogP contribution is -2.31. The Bertz CT molecular complexity index is 805. The quantitative estimate of drug-likeness (QED) is 0.603. The summed E-state index contributed by atoms with van der Waals surface area (Å²) in [6.07, 6.45) is 0. The zero-order valence-electron chi connectivity index (χ0n) is 14.5. The molecule has 1 N–H and O–H groups in total. The molecule has 0 aliphatic carbocycles. The van der Waals surface area contributed by atoms with Crippen molar-refractivity contribution >= 4 is 17.5 Å². The molecule has 8 heteroatoms. The van der Waals surface area contributed by atoms with Gasteiger partial charge in [-0.3, -0.25) is 19.7 Å². The number of nitro groups is 1. The zero-order chi connectivity index (χ0) is 19.1. The second-order valence-electron chi connectivity index (χ2n) is 5.54. The van der Waals surface area contributed by atoms with Gasteiger partial charge in [-0.15, -0.1) is 0 Å². The molecule has 8 nitrogen and oxygen atoms in total. The van der Waals surface area contributed by atoms with Crippen molar-refractivity contribution < 1.29 is 19.2 Å². The highest BCUT2D eigenvalue weighted by Crippen LogP contribution is 2.25. The van der Waals surface area contributed by atoms with Crippen molar-refractivity contribution in [2.45, 2.75) is 6.54 Å². The van der Waals surface area contributed by atoms with Crippen LogP contribution in [0.3, 0.4) is 0 Å². The van der Waals surface area contributed by atoms with Crippen molar-refractivity contribution in [2.24, 2.45) is 0 Å². The van der Waals surface area contributed by atoms with Crippen LogP contribution in [-0.2, 0) is 11.3 Å². The van der Waals surface area contributed by atoms with Crippen molar-refractivity contribution in [3.8, 4) is 5.75 Å². The first-order valence-corrected chi connectivity index (χ1v) is 7.83. The fraction of sp³-hybridized carbons (Fsp3) is 0.222. The molecule has 0 fully saturated rings. The lowest BCUT2D eigenvalue weighted by Gasteiger charge is -2.17. The predicted molar refractivity (Wildman–Crippen MR) is 94.9 cm³/mol. The number of hydrogen-bond acceptors (Lipinski definition) is 5. The number of hydrogen-bond donors (Lipinski definition) is 1. The van der Waals surface area contributed by atoms with Gasteiger partial charge < -0.3 is 15.0 Å². The molecule has 0 unspecified atom stereocenters. The smallest absolute Gasteiger partial charge is 0.310 e. The number of nitrogens with one attached hydrogen (secondary N) is 1. The lowest BCUT2D eigenvalue weighted by atomic mass is 10.1. The van der Waals surface area contributed by atoms with Crippen LogP contribution in [0, 0.1) is 10.1 Å². The van der Waals surface area contributed by atoms with Crippen LogP contribution in [0.25, 0.3) is 0 Å². The summed E-state index contributed by atoms with van der Waals surface area (Å²) in [6.45, 7) is 0.0186. The molecule has 2 rings (SSSR count). The number of nitrogens with zero attached hydrogens (tertiary/aromatic N) is 2. The van der Waals surface area contributed by atoms with Crippen molar-refractivity contribution in [3.63, 3.8) is 0 Å². The molecule has 2 aromatic carbocycles. The first-order chi connectivity index (χ1) is 12.4. The van der Waals surface area contributed by atoms with Gasteiger partial charge in [-0.1, -0.05) is 24.3 Å². The molecule has 0 spiro atoms. The second-order valence-corrected chi connectivity index (χ2v) is 5.54. The standard InChI is InChI=1S/C18H19N3O5/c1-19-18(23)14-9-7-13(8-10-14)11-20(2)17(22)12-26-16-6-4-3-5-15(16)21(24)25/h3-10H,11-12H2,1-2H3,(H,19,23).